The highest BCUT2D eigenvalue weighted by molar-refractivity contribution is 6.00. The number of likely N-dealkylation sites (N-methyl/N-ethyl adjacent to an activating group) is 1. The van der Waals surface area contributed by atoms with E-state index in [1.54, 1.807) is 21.0 Å². The van der Waals surface area contributed by atoms with Gasteiger partial charge in [0.25, 0.3) is 0 Å². The van der Waals surface area contributed by atoms with Crippen LogP contribution in [0.25, 0.3) is 0 Å². The van der Waals surface area contributed by atoms with Gasteiger partial charge in [-0.1, -0.05) is 20.8 Å². The van der Waals surface area contributed by atoms with Crippen molar-refractivity contribution in [2.75, 3.05) is 27.7 Å². The molecule has 1 amide bonds. The van der Waals surface area contributed by atoms with Crippen LogP contribution in [0.5, 0.6) is 0 Å². The molecule has 43 heavy (non-hydrogen) atoms. The van der Waals surface area contributed by atoms with E-state index in [2.05, 4.69) is 17.6 Å². The van der Waals surface area contributed by atoms with Crippen LogP contribution in [0.15, 0.2) is 0 Å². The lowest BCUT2D eigenvalue weighted by molar-refractivity contribution is -0.295. The SMILES string of the molecule is CC[C@H]1OC(=O)C(C)C(=O)[C@H](C)[C@@H](O[C@@H]2OC(C)CC(N(C)C)C2O)[C@](C)(OC)C[C@@H](C)CN[C@H](C)[C@H]2NC(=O)O[C@@]21C. The zero-order valence-corrected chi connectivity index (χ0v) is 27.8. The molecule has 3 rings (SSSR count). The Morgan fingerprint density at radius 1 is 1.09 bits per heavy atom. The van der Waals surface area contributed by atoms with Crippen molar-refractivity contribution in [2.24, 2.45) is 17.8 Å². The topological polar surface area (TPSA) is 145 Å². The molecule has 12 heteroatoms. The van der Waals surface area contributed by atoms with Crippen molar-refractivity contribution < 1.29 is 43.2 Å². The molecule has 3 N–H and O–H groups in total. The number of alkyl carbamates (subject to hydrolysis) is 1. The Kier molecular flexibility index (Phi) is 11.7. The lowest BCUT2D eigenvalue weighted by atomic mass is 9.78. The second kappa shape index (κ2) is 14.1. The van der Waals surface area contributed by atoms with E-state index in [1.807, 2.05) is 46.7 Å². The molecule has 13 atom stereocenters. The van der Waals surface area contributed by atoms with Gasteiger partial charge in [0.1, 0.15) is 18.1 Å². The fourth-order valence-electron chi connectivity index (χ4n) is 7.13. The first kappa shape index (κ1) is 35.6. The van der Waals surface area contributed by atoms with E-state index in [1.165, 1.54) is 6.92 Å². The van der Waals surface area contributed by atoms with Gasteiger partial charge < -0.3 is 44.3 Å². The number of amides is 1. The minimum absolute atomic E-state index is 0.0399. The first-order valence-electron chi connectivity index (χ1n) is 15.7. The molecule has 3 heterocycles. The van der Waals surface area contributed by atoms with Crippen LogP contribution in [0.4, 0.5) is 4.79 Å². The number of ether oxygens (including phenoxy) is 5. The Balaban J connectivity index is 2.02. The third-order valence-electron chi connectivity index (χ3n) is 9.82. The van der Waals surface area contributed by atoms with Gasteiger partial charge in [0, 0.05) is 25.1 Å². The van der Waals surface area contributed by atoms with Gasteiger partial charge in [0.15, 0.2) is 17.7 Å². The number of methoxy groups -OCH3 is 1. The first-order valence-corrected chi connectivity index (χ1v) is 15.7. The average molecular weight is 614 g/mol. The third kappa shape index (κ3) is 7.53. The number of carbonyl (C=O) groups excluding carboxylic acids is 3. The van der Waals surface area contributed by atoms with Gasteiger partial charge in [-0.2, -0.15) is 0 Å². The van der Waals surface area contributed by atoms with Gasteiger partial charge in [-0.15, -0.1) is 0 Å². The smallest absolute Gasteiger partial charge is 0.408 e. The number of nitrogens with zero attached hydrogens (tertiary/aromatic N) is 1. The largest absolute Gasteiger partial charge is 0.458 e. The first-order chi connectivity index (χ1) is 20.0. The summed E-state index contributed by atoms with van der Waals surface area (Å²) in [6.07, 6.45) is -2.88. The quantitative estimate of drug-likeness (QED) is 0.310. The molecule has 0 aromatic carbocycles. The number of ketones is 1. The minimum atomic E-state index is -1.15. The van der Waals surface area contributed by atoms with Gasteiger partial charge >= 0.3 is 12.1 Å². The molecule has 0 saturated carbocycles. The average Bonchev–Trinajstić information content (AvgIpc) is 3.27. The van der Waals surface area contributed by atoms with E-state index in [4.69, 9.17) is 23.7 Å². The van der Waals surface area contributed by atoms with Crippen molar-refractivity contribution in [3.05, 3.63) is 0 Å². The molecule has 3 saturated heterocycles. The summed E-state index contributed by atoms with van der Waals surface area (Å²) in [5, 5.41) is 17.7. The highest BCUT2D eigenvalue weighted by Crippen LogP contribution is 2.37. The highest BCUT2D eigenvalue weighted by Gasteiger charge is 2.55. The third-order valence-corrected chi connectivity index (χ3v) is 9.82. The zero-order valence-electron chi connectivity index (χ0n) is 27.8. The van der Waals surface area contributed by atoms with Crippen molar-refractivity contribution in [1.29, 1.82) is 0 Å². The van der Waals surface area contributed by atoms with E-state index in [0.29, 0.717) is 25.8 Å². The van der Waals surface area contributed by atoms with Crippen molar-refractivity contribution >= 4 is 17.8 Å². The van der Waals surface area contributed by atoms with Gasteiger partial charge in [-0.3, -0.25) is 9.59 Å². The number of fused-ring (bicyclic) bond motifs is 1. The molecule has 3 aliphatic heterocycles. The van der Waals surface area contributed by atoms with Gasteiger partial charge in [0.05, 0.1) is 23.9 Å². The molecule has 4 unspecified atom stereocenters. The summed E-state index contributed by atoms with van der Waals surface area (Å²) in [6, 6.07) is -0.920. The fourth-order valence-corrected chi connectivity index (χ4v) is 7.13. The van der Waals surface area contributed by atoms with E-state index in [-0.39, 0.29) is 29.9 Å². The number of esters is 1. The molecule has 0 radical (unpaired) electrons. The second-order valence-electron chi connectivity index (χ2n) is 13.6. The number of aliphatic hydroxyl groups is 1. The second-order valence-corrected chi connectivity index (χ2v) is 13.6. The van der Waals surface area contributed by atoms with Crippen molar-refractivity contribution in [2.45, 2.75) is 135 Å². The molecule has 248 valence electrons. The maximum Gasteiger partial charge on any atom is 0.408 e. The standard InChI is InChI=1S/C31H55N3O9/c1-12-22-31(8)25(33-29(38)43-31)20(6)32-15-16(2)14-30(7,39-11)26(18(4)23(35)19(5)27(37)41-22)42-28-24(36)21(34(9)10)13-17(3)40-28/h16-22,24-26,28,32,36H,12-15H2,1-11H3,(H,33,38)/t16-,17?,18+,19?,20-,21?,22-,24?,25-,26-,28+,30-,31-/m1/s1. The summed E-state index contributed by atoms with van der Waals surface area (Å²) >= 11 is 0. The van der Waals surface area contributed by atoms with Gasteiger partial charge in [-0.05, 0) is 80.4 Å². The summed E-state index contributed by atoms with van der Waals surface area (Å²) < 4.78 is 30.4. The lowest BCUT2D eigenvalue weighted by Gasteiger charge is -2.46. The molecule has 0 aliphatic carbocycles. The number of rotatable bonds is 5. The van der Waals surface area contributed by atoms with E-state index >= 15 is 0 Å². The highest BCUT2D eigenvalue weighted by atomic mass is 16.7. The lowest BCUT2D eigenvalue weighted by Crippen LogP contribution is -2.60. The van der Waals surface area contributed by atoms with Crippen molar-refractivity contribution in [3.63, 3.8) is 0 Å². The zero-order chi connectivity index (χ0) is 32.4. The maximum atomic E-state index is 14.0. The van der Waals surface area contributed by atoms with Crippen LogP contribution in [0.1, 0.15) is 74.7 Å². The van der Waals surface area contributed by atoms with Gasteiger partial charge in [-0.25, -0.2) is 4.79 Å². The minimum Gasteiger partial charge on any atom is -0.458 e. The number of cyclic esters (lactones) is 1. The van der Waals surface area contributed by atoms with Crippen LogP contribution in [-0.2, 0) is 33.3 Å². The van der Waals surface area contributed by atoms with E-state index in [9.17, 15) is 19.5 Å². The normalized spacial score (nSPS) is 45.4. The van der Waals surface area contributed by atoms with E-state index < -0.39 is 65.7 Å². The Morgan fingerprint density at radius 3 is 2.33 bits per heavy atom. The molecule has 3 fully saturated rings. The predicted octanol–water partition coefficient (Wildman–Crippen LogP) is 2.25. The Morgan fingerprint density at radius 2 is 1.74 bits per heavy atom. The Labute approximate surface area is 256 Å². The fraction of sp³-hybridized carbons (Fsp3) is 0.903. The monoisotopic (exact) mass is 613 g/mol. The van der Waals surface area contributed by atoms with Crippen LogP contribution >= 0.6 is 0 Å². The molecular weight excluding hydrogens is 558 g/mol. The van der Waals surface area contributed by atoms with Crippen molar-refractivity contribution in [3.8, 4) is 0 Å². The molecule has 3 aliphatic rings. The molecule has 0 aromatic rings. The number of carbonyl (C=O) groups is 3. The molecule has 0 aromatic heterocycles. The van der Waals surface area contributed by atoms with Crippen LogP contribution in [0, 0.1) is 17.8 Å². The number of nitrogens with one attached hydrogen (secondary N) is 2. The summed E-state index contributed by atoms with van der Waals surface area (Å²) in [6.45, 7) is 15.3. The molecule has 0 spiro atoms. The summed E-state index contributed by atoms with van der Waals surface area (Å²) in [5.74, 6) is -3.00. The van der Waals surface area contributed by atoms with Crippen molar-refractivity contribution in [1.82, 2.24) is 15.5 Å². The number of hydrogen-bond acceptors (Lipinski definition) is 11. The maximum absolute atomic E-state index is 14.0. The number of hydrogen-bond donors (Lipinski definition) is 3. The van der Waals surface area contributed by atoms with Crippen LogP contribution in [-0.4, -0.2) is 116 Å². The molecule has 0 bridgehead atoms. The molecular formula is C31H55N3O9. The van der Waals surface area contributed by atoms with Gasteiger partial charge in [0.2, 0.25) is 0 Å². The number of aliphatic hydroxyl groups excluding tert-OH is 1. The van der Waals surface area contributed by atoms with E-state index in [0.717, 1.165) is 0 Å². The van der Waals surface area contributed by atoms with Crippen LogP contribution in [0.3, 0.4) is 0 Å². The summed E-state index contributed by atoms with van der Waals surface area (Å²) in [5.41, 5.74) is -2.14. The molecule has 12 nitrogen and oxygen atoms in total. The summed E-state index contributed by atoms with van der Waals surface area (Å²) in [7, 11) is 5.38. The van der Waals surface area contributed by atoms with Crippen LogP contribution < -0.4 is 10.6 Å². The Bertz CT molecular complexity index is 998. The van der Waals surface area contributed by atoms with Crippen LogP contribution in [0.2, 0.25) is 0 Å². The Hall–Kier alpha value is -1.83. The number of Topliss-reactive ketones (excluding diaryl/α,β-unsaturated/α-hetero) is 1. The summed E-state index contributed by atoms with van der Waals surface area (Å²) in [4.78, 5) is 41.9. The predicted molar refractivity (Wildman–Crippen MR) is 159 cm³/mol.